The Bertz CT molecular complexity index is 974. The summed E-state index contributed by atoms with van der Waals surface area (Å²) in [4.78, 5) is 30.7. The summed E-state index contributed by atoms with van der Waals surface area (Å²) >= 11 is 0. The quantitative estimate of drug-likeness (QED) is 0.240. The molecule has 0 aliphatic carbocycles. The predicted molar refractivity (Wildman–Crippen MR) is 123 cm³/mol. The molecule has 1 aromatic carbocycles. The highest BCUT2D eigenvalue weighted by Crippen LogP contribution is 2.27. The average molecular weight is 441 g/mol. The number of imide groups is 1. The van der Waals surface area contributed by atoms with Gasteiger partial charge in [0.15, 0.2) is 5.96 Å². The third-order valence-corrected chi connectivity index (χ3v) is 5.49. The number of carbonyl (C=O) groups is 2. The number of aliphatic imine (C=N–C) groups is 1. The van der Waals surface area contributed by atoms with E-state index in [0.717, 1.165) is 17.7 Å². The summed E-state index contributed by atoms with van der Waals surface area (Å²) in [5, 5.41) is 17.3. The highest BCUT2D eigenvalue weighted by atomic mass is 16.3. The molecule has 0 saturated heterocycles. The number of aliphatic hydroxyl groups is 1. The van der Waals surface area contributed by atoms with Gasteiger partial charge in [0, 0.05) is 25.2 Å². The average Bonchev–Trinajstić information content (AvgIpc) is 3.23. The number of fused-ring (bicyclic) bond motifs is 1. The largest absolute Gasteiger partial charge is 0.466 e. The molecule has 8 heteroatoms. The lowest BCUT2D eigenvalue weighted by molar-refractivity contribution is 0.0646. The second-order valence-corrected chi connectivity index (χ2v) is 8.24. The molecule has 1 aliphatic rings. The van der Waals surface area contributed by atoms with Gasteiger partial charge in [-0.05, 0) is 58.7 Å². The first-order valence-corrected chi connectivity index (χ1v) is 11.0. The smallest absolute Gasteiger partial charge is 0.261 e. The Morgan fingerprint density at radius 1 is 1.12 bits per heavy atom. The summed E-state index contributed by atoms with van der Waals surface area (Å²) in [6, 6.07) is 8.76. The molecule has 2 heterocycles. The predicted octanol–water partition coefficient (Wildman–Crippen LogP) is 2.74. The third kappa shape index (κ3) is 5.19. The van der Waals surface area contributed by atoms with Gasteiger partial charge < -0.3 is 20.2 Å². The molecule has 3 rings (SSSR count). The van der Waals surface area contributed by atoms with E-state index in [1.165, 1.54) is 4.90 Å². The minimum atomic E-state index is -1.14. The van der Waals surface area contributed by atoms with Gasteiger partial charge in [-0.1, -0.05) is 12.1 Å². The molecule has 0 saturated carbocycles. The fraction of sp³-hybridized carbons (Fsp3) is 0.458. The zero-order chi connectivity index (χ0) is 23.3. The zero-order valence-electron chi connectivity index (χ0n) is 19.2. The Morgan fingerprint density at radius 3 is 2.34 bits per heavy atom. The van der Waals surface area contributed by atoms with Crippen LogP contribution in [0.4, 0.5) is 0 Å². The van der Waals surface area contributed by atoms with Crippen LogP contribution in [0.25, 0.3) is 0 Å². The molecule has 32 heavy (non-hydrogen) atoms. The lowest BCUT2D eigenvalue weighted by atomic mass is 9.96. The van der Waals surface area contributed by atoms with E-state index in [-0.39, 0.29) is 18.4 Å². The van der Waals surface area contributed by atoms with Crippen LogP contribution >= 0.6 is 0 Å². The number of nitrogens with one attached hydrogen (secondary N) is 2. The molecule has 1 aliphatic heterocycles. The van der Waals surface area contributed by atoms with Crippen LogP contribution in [-0.4, -0.2) is 54.0 Å². The van der Waals surface area contributed by atoms with Gasteiger partial charge in [-0.25, -0.2) is 4.99 Å². The van der Waals surface area contributed by atoms with Crippen LogP contribution in [-0.2, 0) is 5.60 Å². The molecule has 1 atom stereocenters. The second kappa shape index (κ2) is 9.99. The minimum Gasteiger partial charge on any atom is -0.466 e. The Hall–Kier alpha value is -3.13. The van der Waals surface area contributed by atoms with Crippen molar-refractivity contribution in [2.24, 2.45) is 4.99 Å². The third-order valence-electron chi connectivity index (χ3n) is 5.49. The van der Waals surface area contributed by atoms with Gasteiger partial charge in [0.05, 0.1) is 17.7 Å². The van der Waals surface area contributed by atoms with Gasteiger partial charge in [0.2, 0.25) is 0 Å². The van der Waals surface area contributed by atoms with Crippen LogP contribution in [0.1, 0.15) is 64.5 Å². The summed E-state index contributed by atoms with van der Waals surface area (Å²) in [5.74, 6) is 1.60. The number of nitrogens with zero attached hydrogens (tertiary/aromatic N) is 2. The van der Waals surface area contributed by atoms with E-state index >= 15 is 0 Å². The van der Waals surface area contributed by atoms with Crippen molar-refractivity contribution in [1.29, 1.82) is 0 Å². The fourth-order valence-corrected chi connectivity index (χ4v) is 3.87. The van der Waals surface area contributed by atoms with Crippen molar-refractivity contribution >= 4 is 17.8 Å². The van der Waals surface area contributed by atoms with Crippen LogP contribution in [0.3, 0.4) is 0 Å². The molecule has 1 unspecified atom stereocenters. The van der Waals surface area contributed by atoms with Crippen LogP contribution in [0.2, 0.25) is 0 Å². The maximum absolute atomic E-state index is 12.4. The van der Waals surface area contributed by atoms with Crippen molar-refractivity contribution in [2.45, 2.75) is 46.1 Å². The van der Waals surface area contributed by atoms with Gasteiger partial charge in [0.25, 0.3) is 11.8 Å². The van der Waals surface area contributed by atoms with Crippen LogP contribution in [0.15, 0.2) is 39.7 Å². The normalized spacial score (nSPS) is 15.7. The molecule has 0 fully saturated rings. The van der Waals surface area contributed by atoms with Crippen molar-refractivity contribution in [2.75, 3.05) is 26.2 Å². The molecule has 0 spiro atoms. The number of hydrogen-bond acceptors (Lipinski definition) is 5. The molecule has 8 nitrogen and oxygen atoms in total. The summed E-state index contributed by atoms with van der Waals surface area (Å²) in [7, 11) is 0. The summed E-state index contributed by atoms with van der Waals surface area (Å²) in [6.45, 7) is 9.25. The molecule has 2 aromatic rings. The standard InChI is InChI=1S/C24H32N4O4/c1-5-25-23(27-15-24(4,31)20-14-16(2)32-17(20)3)26-12-8-9-13-28-21(29)18-10-6-7-11-19(18)22(28)30/h6-7,10-11,14,31H,5,8-9,12-13,15H2,1-4H3,(H2,25,26,27). The van der Waals surface area contributed by atoms with Crippen molar-refractivity contribution < 1.29 is 19.1 Å². The highest BCUT2D eigenvalue weighted by Gasteiger charge is 2.34. The first kappa shape index (κ1) is 23.5. The summed E-state index contributed by atoms with van der Waals surface area (Å²) in [5.41, 5.74) is 0.547. The second-order valence-electron chi connectivity index (χ2n) is 8.24. The lowest BCUT2D eigenvalue weighted by Gasteiger charge is -2.21. The topological polar surface area (TPSA) is 107 Å². The SMILES string of the molecule is CCNC(=NCC(C)(O)c1cc(C)oc1C)NCCCCN1C(=O)c2ccccc2C1=O. The number of amides is 2. The van der Waals surface area contributed by atoms with Crippen molar-refractivity contribution in [3.63, 3.8) is 0 Å². The number of carbonyl (C=O) groups excluding carboxylic acids is 2. The monoisotopic (exact) mass is 440 g/mol. The highest BCUT2D eigenvalue weighted by molar-refractivity contribution is 6.21. The Kier molecular flexibility index (Phi) is 7.35. The molecule has 172 valence electrons. The van der Waals surface area contributed by atoms with E-state index < -0.39 is 5.60 Å². The van der Waals surface area contributed by atoms with Crippen molar-refractivity contribution in [3.05, 3.63) is 58.5 Å². The van der Waals surface area contributed by atoms with Gasteiger partial charge in [-0.15, -0.1) is 0 Å². The van der Waals surface area contributed by atoms with E-state index in [9.17, 15) is 14.7 Å². The Morgan fingerprint density at radius 2 is 1.78 bits per heavy atom. The minimum absolute atomic E-state index is 0.178. The van der Waals surface area contributed by atoms with Gasteiger partial charge >= 0.3 is 0 Å². The van der Waals surface area contributed by atoms with Crippen LogP contribution in [0.5, 0.6) is 0 Å². The molecular weight excluding hydrogens is 408 g/mol. The summed E-state index contributed by atoms with van der Waals surface area (Å²) < 4.78 is 5.53. The summed E-state index contributed by atoms with van der Waals surface area (Å²) in [6.07, 6.45) is 1.44. The molecule has 0 radical (unpaired) electrons. The maximum atomic E-state index is 12.4. The number of aryl methyl sites for hydroxylation is 2. The first-order chi connectivity index (χ1) is 15.2. The molecular formula is C24H32N4O4. The van der Waals surface area contributed by atoms with Crippen molar-refractivity contribution in [3.8, 4) is 0 Å². The number of hydrogen-bond donors (Lipinski definition) is 3. The fourth-order valence-electron chi connectivity index (χ4n) is 3.87. The Labute approximate surface area is 188 Å². The maximum Gasteiger partial charge on any atom is 0.261 e. The number of furan rings is 1. The van der Waals surface area contributed by atoms with Crippen LogP contribution < -0.4 is 10.6 Å². The van der Waals surface area contributed by atoms with Gasteiger partial charge in [-0.3, -0.25) is 14.5 Å². The first-order valence-electron chi connectivity index (χ1n) is 11.0. The number of benzene rings is 1. The van der Waals surface area contributed by atoms with Crippen molar-refractivity contribution in [1.82, 2.24) is 15.5 Å². The van der Waals surface area contributed by atoms with E-state index in [4.69, 9.17) is 4.42 Å². The van der Waals surface area contributed by atoms with E-state index in [0.29, 0.717) is 48.9 Å². The van der Waals surface area contributed by atoms with E-state index in [1.807, 2.05) is 26.8 Å². The number of guanidine groups is 1. The zero-order valence-corrected chi connectivity index (χ0v) is 19.2. The lowest BCUT2D eigenvalue weighted by Crippen LogP contribution is -2.39. The number of unbranched alkanes of at least 4 members (excludes halogenated alkanes) is 1. The number of rotatable bonds is 9. The Balaban J connectivity index is 1.48. The van der Waals surface area contributed by atoms with Crippen LogP contribution in [0, 0.1) is 13.8 Å². The molecule has 2 amide bonds. The van der Waals surface area contributed by atoms with E-state index in [1.54, 1.807) is 31.2 Å². The molecule has 3 N–H and O–H groups in total. The van der Waals surface area contributed by atoms with Gasteiger partial charge in [0.1, 0.15) is 17.1 Å². The van der Waals surface area contributed by atoms with Gasteiger partial charge in [-0.2, -0.15) is 0 Å². The van der Waals surface area contributed by atoms with E-state index in [2.05, 4.69) is 15.6 Å². The molecule has 1 aromatic heterocycles. The molecule has 0 bridgehead atoms.